The van der Waals surface area contributed by atoms with Crippen LogP contribution in [0.2, 0.25) is 5.02 Å². The van der Waals surface area contributed by atoms with Gasteiger partial charge >= 0.3 is 0 Å². The average Bonchev–Trinajstić information content (AvgIpc) is 3.61. The summed E-state index contributed by atoms with van der Waals surface area (Å²) in [7, 11) is 0. The Morgan fingerprint density at radius 2 is 1.91 bits per heavy atom. The van der Waals surface area contributed by atoms with Gasteiger partial charge in [-0.1, -0.05) is 53.7 Å². The molecule has 7 nitrogen and oxygen atoms in total. The molecule has 2 aliphatic rings. The first-order valence-electron chi connectivity index (χ1n) is 11.0. The Hall–Kier alpha value is -2.68. The molecule has 0 saturated carbocycles. The van der Waals surface area contributed by atoms with E-state index >= 15 is 0 Å². The third-order valence-corrected chi connectivity index (χ3v) is 6.95. The van der Waals surface area contributed by atoms with E-state index < -0.39 is 0 Å². The van der Waals surface area contributed by atoms with E-state index in [9.17, 15) is 4.79 Å². The largest absolute Gasteiger partial charge is 0.376 e. The zero-order chi connectivity index (χ0) is 22.6. The van der Waals surface area contributed by atoms with Gasteiger partial charge in [-0.3, -0.25) is 9.36 Å². The van der Waals surface area contributed by atoms with Crippen molar-refractivity contribution in [1.82, 2.24) is 19.8 Å². The summed E-state index contributed by atoms with van der Waals surface area (Å²) in [6.45, 7) is 2.03. The van der Waals surface area contributed by atoms with Crippen LogP contribution in [0.3, 0.4) is 0 Å². The number of carbonyl (C=O) groups excluding carboxylic acids is 1. The van der Waals surface area contributed by atoms with E-state index in [-0.39, 0.29) is 17.8 Å². The summed E-state index contributed by atoms with van der Waals surface area (Å²) in [5.74, 6) is 0.962. The molecule has 5 rings (SSSR count). The van der Waals surface area contributed by atoms with E-state index in [0.717, 1.165) is 48.5 Å². The number of ether oxygens (including phenoxy) is 1. The summed E-state index contributed by atoms with van der Waals surface area (Å²) < 4.78 is 7.91. The lowest BCUT2D eigenvalue weighted by Gasteiger charge is -2.15. The number of thioether (sulfide) groups is 1. The number of aromatic nitrogens is 3. The molecule has 33 heavy (non-hydrogen) atoms. The number of rotatable bonds is 7. The second-order valence-corrected chi connectivity index (χ2v) is 9.41. The summed E-state index contributed by atoms with van der Waals surface area (Å²) in [5.41, 5.74) is 2.93. The lowest BCUT2D eigenvalue weighted by Crippen LogP contribution is -2.25. The molecular weight excluding hydrogens is 458 g/mol. The minimum atomic E-state index is -0.0364. The first kappa shape index (κ1) is 22.1. The van der Waals surface area contributed by atoms with Crippen molar-refractivity contribution < 1.29 is 9.53 Å². The van der Waals surface area contributed by atoms with Gasteiger partial charge in [0.25, 0.3) is 5.91 Å². The van der Waals surface area contributed by atoms with Crippen LogP contribution in [-0.4, -0.2) is 56.4 Å². The first-order chi connectivity index (χ1) is 16.2. The molecule has 1 amide bonds. The van der Waals surface area contributed by atoms with E-state index in [1.54, 1.807) is 5.01 Å². The van der Waals surface area contributed by atoms with Gasteiger partial charge in [0, 0.05) is 23.6 Å². The smallest absolute Gasteiger partial charge is 0.253 e. The second-order valence-electron chi connectivity index (χ2n) is 8.03. The number of hydrazone groups is 1. The Morgan fingerprint density at radius 1 is 1.09 bits per heavy atom. The van der Waals surface area contributed by atoms with Crippen molar-refractivity contribution in [3.63, 3.8) is 0 Å². The molecule has 2 aromatic carbocycles. The lowest BCUT2D eigenvalue weighted by molar-refractivity contribution is -0.127. The fraction of sp³-hybridized carbons (Fsp3) is 0.333. The monoisotopic (exact) mass is 481 g/mol. The quantitative estimate of drug-likeness (QED) is 0.464. The normalized spacial score (nSPS) is 18.0. The molecule has 0 spiro atoms. The SMILES string of the molecule is O=C(CSc1nnc(-c2ccc(Cl)cc2)n1C[C@H]1CCCO1)N1CCC(c2ccccc2)=N1. The van der Waals surface area contributed by atoms with Crippen molar-refractivity contribution in [3.05, 3.63) is 65.2 Å². The van der Waals surface area contributed by atoms with Crippen LogP contribution in [0, 0.1) is 0 Å². The molecule has 0 bridgehead atoms. The molecule has 0 aliphatic carbocycles. The number of halogens is 1. The third-order valence-electron chi connectivity index (χ3n) is 5.75. The van der Waals surface area contributed by atoms with Crippen LogP contribution in [0.5, 0.6) is 0 Å². The number of hydrogen-bond donors (Lipinski definition) is 0. The summed E-state index contributed by atoms with van der Waals surface area (Å²) in [6, 6.07) is 17.5. The molecule has 1 saturated heterocycles. The van der Waals surface area contributed by atoms with E-state index in [1.165, 1.54) is 11.8 Å². The maximum absolute atomic E-state index is 12.9. The van der Waals surface area contributed by atoms with E-state index in [0.29, 0.717) is 23.3 Å². The van der Waals surface area contributed by atoms with Gasteiger partial charge < -0.3 is 4.74 Å². The van der Waals surface area contributed by atoms with Gasteiger partial charge in [0.1, 0.15) is 0 Å². The predicted octanol–water partition coefficient (Wildman–Crippen LogP) is 4.51. The van der Waals surface area contributed by atoms with E-state index in [1.807, 2.05) is 54.6 Å². The fourth-order valence-electron chi connectivity index (χ4n) is 4.04. The van der Waals surface area contributed by atoms with Crippen molar-refractivity contribution in [2.75, 3.05) is 18.9 Å². The summed E-state index contributed by atoms with van der Waals surface area (Å²) in [5, 5.41) is 16.3. The molecule has 9 heteroatoms. The molecule has 170 valence electrons. The fourth-order valence-corrected chi connectivity index (χ4v) is 4.98. The van der Waals surface area contributed by atoms with Gasteiger partial charge in [0.2, 0.25) is 0 Å². The van der Waals surface area contributed by atoms with Gasteiger partial charge in [0.15, 0.2) is 11.0 Å². The van der Waals surface area contributed by atoms with Crippen LogP contribution < -0.4 is 0 Å². The minimum absolute atomic E-state index is 0.0364. The van der Waals surface area contributed by atoms with E-state index in [4.69, 9.17) is 16.3 Å². The molecule has 0 N–H and O–H groups in total. The topological polar surface area (TPSA) is 72.6 Å². The molecule has 1 fully saturated rings. The molecule has 0 radical (unpaired) electrons. The number of nitrogens with zero attached hydrogens (tertiary/aromatic N) is 5. The molecule has 2 aliphatic heterocycles. The Kier molecular flexibility index (Phi) is 6.75. The average molecular weight is 482 g/mol. The summed E-state index contributed by atoms with van der Waals surface area (Å²) >= 11 is 7.45. The standard InChI is InChI=1S/C24H24ClN5O2S/c25-19-10-8-18(9-11-19)23-26-27-24(29(23)15-20-7-4-14-32-20)33-16-22(31)30-13-12-21(28-30)17-5-2-1-3-6-17/h1-3,5-6,8-11,20H,4,7,12-16H2/t20-/m1/s1. The Morgan fingerprint density at radius 3 is 2.67 bits per heavy atom. The van der Waals surface area contributed by atoms with Crippen molar-refractivity contribution >= 4 is 35.0 Å². The van der Waals surface area contributed by atoms with E-state index in [2.05, 4.69) is 19.9 Å². The highest BCUT2D eigenvalue weighted by Gasteiger charge is 2.25. The highest BCUT2D eigenvalue weighted by Crippen LogP contribution is 2.28. The highest BCUT2D eigenvalue weighted by atomic mass is 35.5. The van der Waals surface area contributed by atoms with Crippen molar-refractivity contribution in [2.45, 2.75) is 37.1 Å². The number of hydrogen-bond acceptors (Lipinski definition) is 6. The molecular formula is C24H24ClN5O2S. The van der Waals surface area contributed by atoms with Gasteiger partial charge in [-0.15, -0.1) is 10.2 Å². The highest BCUT2D eigenvalue weighted by molar-refractivity contribution is 7.99. The summed E-state index contributed by atoms with van der Waals surface area (Å²) in [6.07, 6.45) is 2.95. The van der Waals surface area contributed by atoms with Crippen LogP contribution >= 0.6 is 23.4 Å². The maximum Gasteiger partial charge on any atom is 0.253 e. The molecule has 3 aromatic rings. The zero-order valence-corrected chi connectivity index (χ0v) is 19.6. The Balaban J connectivity index is 1.31. The van der Waals surface area contributed by atoms with Crippen molar-refractivity contribution in [3.8, 4) is 11.4 Å². The van der Waals surface area contributed by atoms with Gasteiger partial charge in [-0.2, -0.15) is 5.10 Å². The summed E-state index contributed by atoms with van der Waals surface area (Å²) in [4.78, 5) is 12.9. The Bertz CT molecular complexity index is 1140. The van der Waals surface area contributed by atoms with Crippen LogP contribution in [0.4, 0.5) is 0 Å². The van der Waals surface area contributed by atoms with Gasteiger partial charge in [-0.25, -0.2) is 5.01 Å². The zero-order valence-electron chi connectivity index (χ0n) is 18.1. The van der Waals surface area contributed by atoms with Crippen LogP contribution in [-0.2, 0) is 16.1 Å². The number of amides is 1. The molecule has 0 unspecified atom stereocenters. The number of carbonyl (C=O) groups is 1. The molecule has 1 aromatic heterocycles. The number of benzene rings is 2. The molecule has 3 heterocycles. The maximum atomic E-state index is 12.9. The van der Waals surface area contributed by atoms with Crippen LogP contribution in [0.15, 0.2) is 64.9 Å². The van der Waals surface area contributed by atoms with Gasteiger partial charge in [0.05, 0.1) is 30.7 Å². The molecule has 1 atom stereocenters. The lowest BCUT2D eigenvalue weighted by atomic mass is 10.1. The minimum Gasteiger partial charge on any atom is -0.376 e. The van der Waals surface area contributed by atoms with Gasteiger partial charge in [-0.05, 0) is 42.7 Å². The predicted molar refractivity (Wildman–Crippen MR) is 129 cm³/mol. The third kappa shape index (κ3) is 5.13. The van der Waals surface area contributed by atoms with Crippen molar-refractivity contribution in [2.24, 2.45) is 5.10 Å². The van der Waals surface area contributed by atoms with Crippen LogP contribution in [0.1, 0.15) is 24.8 Å². The first-order valence-corrected chi connectivity index (χ1v) is 12.4. The Labute approximate surface area is 201 Å². The second kappa shape index (κ2) is 10.1. The van der Waals surface area contributed by atoms with Crippen LogP contribution in [0.25, 0.3) is 11.4 Å². The van der Waals surface area contributed by atoms with Crippen molar-refractivity contribution in [1.29, 1.82) is 0 Å².